The molecular formula is C9H10OS. The van der Waals surface area contributed by atoms with Crippen LogP contribution in [0.4, 0.5) is 0 Å². The molecule has 1 nitrogen and oxygen atoms in total. The third kappa shape index (κ3) is 1.69. The van der Waals surface area contributed by atoms with E-state index < -0.39 is 0 Å². The van der Waals surface area contributed by atoms with Crippen LogP contribution in [-0.2, 0) is 11.2 Å². The maximum atomic E-state index is 11.3. The Morgan fingerprint density at radius 1 is 1.64 bits per heavy atom. The third-order valence-electron chi connectivity index (χ3n) is 1.99. The van der Waals surface area contributed by atoms with E-state index in [0.29, 0.717) is 18.1 Å². The second-order valence-electron chi connectivity index (χ2n) is 3.05. The average molecular weight is 166 g/mol. The number of Topliss-reactive ketones (excluding diaryl/α,β-unsaturated/α-hetero) is 1. The van der Waals surface area contributed by atoms with Crippen molar-refractivity contribution in [3.63, 3.8) is 0 Å². The number of carbonyl (C=O) groups excluding carboxylic acids is 1. The van der Waals surface area contributed by atoms with Gasteiger partial charge in [0.1, 0.15) is 5.78 Å². The molecule has 0 aliphatic heterocycles. The number of hydrogen-bond acceptors (Lipinski definition) is 2. The summed E-state index contributed by atoms with van der Waals surface area (Å²) in [7, 11) is 0. The number of thiophene rings is 1. The first-order valence-electron chi connectivity index (χ1n) is 3.90. The number of hydrogen-bond donors (Lipinski definition) is 0. The van der Waals surface area contributed by atoms with Gasteiger partial charge in [0.25, 0.3) is 0 Å². The highest BCUT2D eigenvalue weighted by Crippen LogP contribution is 2.31. The second kappa shape index (κ2) is 2.78. The fraction of sp³-hybridized carbons (Fsp3) is 0.444. The highest BCUT2D eigenvalue weighted by molar-refractivity contribution is 7.07. The summed E-state index contributed by atoms with van der Waals surface area (Å²) in [6, 6.07) is 2.03. The molecule has 1 aliphatic rings. The highest BCUT2D eigenvalue weighted by atomic mass is 32.1. The van der Waals surface area contributed by atoms with E-state index in [1.165, 1.54) is 5.56 Å². The van der Waals surface area contributed by atoms with Crippen molar-refractivity contribution in [2.24, 2.45) is 5.92 Å². The SMILES string of the molecule is O=C(Cc1ccsc1)C1CC1. The van der Waals surface area contributed by atoms with Crippen LogP contribution in [0.1, 0.15) is 18.4 Å². The lowest BCUT2D eigenvalue weighted by atomic mass is 10.1. The molecule has 0 saturated heterocycles. The van der Waals surface area contributed by atoms with E-state index in [1.807, 2.05) is 11.4 Å². The Morgan fingerprint density at radius 2 is 2.45 bits per heavy atom. The second-order valence-corrected chi connectivity index (χ2v) is 3.83. The molecule has 2 rings (SSSR count). The molecule has 0 bridgehead atoms. The van der Waals surface area contributed by atoms with Gasteiger partial charge in [0.15, 0.2) is 0 Å². The van der Waals surface area contributed by atoms with Gasteiger partial charge in [-0.3, -0.25) is 4.79 Å². The smallest absolute Gasteiger partial charge is 0.140 e. The molecule has 1 fully saturated rings. The van der Waals surface area contributed by atoms with Crippen LogP contribution in [-0.4, -0.2) is 5.78 Å². The zero-order chi connectivity index (χ0) is 7.68. The lowest BCUT2D eigenvalue weighted by Gasteiger charge is -1.93. The Kier molecular flexibility index (Phi) is 1.78. The molecule has 0 atom stereocenters. The zero-order valence-electron chi connectivity index (χ0n) is 6.25. The van der Waals surface area contributed by atoms with Gasteiger partial charge in [-0.05, 0) is 35.2 Å². The Morgan fingerprint density at radius 3 is 3.00 bits per heavy atom. The van der Waals surface area contributed by atoms with E-state index in [9.17, 15) is 4.79 Å². The van der Waals surface area contributed by atoms with E-state index in [-0.39, 0.29) is 0 Å². The standard InChI is InChI=1S/C9H10OS/c10-9(8-1-2-8)5-7-3-4-11-6-7/h3-4,6,8H,1-2,5H2. The van der Waals surface area contributed by atoms with Crippen LogP contribution in [0.2, 0.25) is 0 Å². The van der Waals surface area contributed by atoms with Crippen LogP contribution >= 0.6 is 11.3 Å². The fourth-order valence-corrected chi connectivity index (χ4v) is 1.81. The van der Waals surface area contributed by atoms with Crippen molar-refractivity contribution in [2.45, 2.75) is 19.3 Å². The van der Waals surface area contributed by atoms with Crippen LogP contribution in [0.3, 0.4) is 0 Å². The maximum absolute atomic E-state index is 11.3. The Bertz CT molecular complexity index is 247. The van der Waals surface area contributed by atoms with Crippen LogP contribution in [0, 0.1) is 5.92 Å². The minimum absolute atomic E-state index is 0.412. The van der Waals surface area contributed by atoms with Crippen molar-refractivity contribution in [3.8, 4) is 0 Å². The predicted molar refractivity (Wildman–Crippen MR) is 45.8 cm³/mol. The first kappa shape index (κ1) is 7.04. The Balaban J connectivity index is 1.94. The lowest BCUT2D eigenvalue weighted by molar-refractivity contribution is -0.119. The Labute approximate surface area is 70.1 Å². The largest absolute Gasteiger partial charge is 0.299 e. The zero-order valence-corrected chi connectivity index (χ0v) is 7.06. The van der Waals surface area contributed by atoms with Crippen molar-refractivity contribution >= 4 is 17.1 Å². The van der Waals surface area contributed by atoms with Gasteiger partial charge in [0.2, 0.25) is 0 Å². The van der Waals surface area contributed by atoms with E-state index in [1.54, 1.807) is 11.3 Å². The predicted octanol–water partition coefficient (Wildman–Crippen LogP) is 2.27. The van der Waals surface area contributed by atoms with E-state index >= 15 is 0 Å². The van der Waals surface area contributed by atoms with Gasteiger partial charge in [-0.2, -0.15) is 11.3 Å². The minimum Gasteiger partial charge on any atom is -0.299 e. The minimum atomic E-state index is 0.412. The van der Waals surface area contributed by atoms with Crippen molar-refractivity contribution in [3.05, 3.63) is 22.4 Å². The van der Waals surface area contributed by atoms with Gasteiger partial charge >= 0.3 is 0 Å². The summed E-state index contributed by atoms with van der Waals surface area (Å²) in [5.41, 5.74) is 1.19. The molecule has 11 heavy (non-hydrogen) atoms. The quantitative estimate of drug-likeness (QED) is 0.673. The van der Waals surface area contributed by atoms with Crippen LogP contribution in [0.5, 0.6) is 0 Å². The monoisotopic (exact) mass is 166 g/mol. The summed E-state index contributed by atoms with van der Waals surface area (Å²) in [6.07, 6.45) is 2.92. The molecule has 1 aliphatic carbocycles. The first-order chi connectivity index (χ1) is 5.36. The topological polar surface area (TPSA) is 17.1 Å². The summed E-state index contributed by atoms with van der Waals surface area (Å²) < 4.78 is 0. The van der Waals surface area contributed by atoms with Crippen molar-refractivity contribution in [1.29, 1.82) is 0 Å². The maximum Gasteiger partial charge on any atom is 0.140 e. The molecule has 0 unspecified atom stereocenters. The average Bonchev–Trinajstić information content (AvgIpc) is 2.73. The molecule has 0 spiro atoms. The highest BCUT2D eigenvalue weighted by Gasteiger charge is 2.28. The summed E-state index contributed by atoms with van der Waals surface area (Å²) in [5, 5.41) is 4.08. The molecule has 1 saturated carbocycles. The van der Waals surface area contributed by atoms with Gasteiger partial charge in [0, 0.05) is 12.3 Å². The molecule has 58 valence electrons. The summed E-state index contributed by atoms with van der Waals surface area (Å²) in [5.74, 6) is 0.846. The van der Waals surface area contributed by atoms with Gasteiger partial charge in [-0.1, -0.05) is 0 Å². The molecule has 0 N–H and O–H groups in total. The lowest BCUT2D eigenvalue weighted by Crippen LogP contribution is -2.03. The molecule has 0 radical (unpaired) electrons. The molecule has 2 heteroatoms. The first-order valence-corrected chi connectivity index (χ1v) is 4.84. The van der Waals surface area contributed by atoms with Crippen LogP contribution in [0.15, 0.2) is 16.8 Å². The van der Waals surface area contributed by atoms with Gasteiger partial charge in [-0.15, -0.1) is 0 Å². The van der Waals surface area contributed by atoms with Gasteiger partial charge < -0.3 is 0 Å². The third-order valence-corrected chi connectivity index (χ3v) is 2.72. The number of rotatable bonds is 3. The molecule has 0 amide bonds. The molecule has 0 aromatic carbocycles. The van der Waals surface area contributed by atoms with Crippen molar-refractivity contribution < 1.29 is 4.79 Å². The number of ketones is 1. The molecule has 1 heterocycles. The van der Waals surface area contributed by atoms with Crippen LogP contribution in [0.25, 0.3) is 0 Å². The number of carbonyl (C=O) groups is 1. The Hall–Kier alpha value is -0.630. The molecular weight excluding hydrogens is 156 g/mol. The van der Waals surface area contributed by atoms with E-state index in [2.05, 4.69) is 5.38 Å². The van der Waals surface area contributed by atoms with Crippen molar-refractivity contribution in [2.75, 3.05) is 0 Å². The van der Waals surface area contributed by atoms with Gasteiger partial charge in [-0.25, -0.2) is 0 Å². The fourth-order valence-electron chi connectivity index (χ4n) is 1.14. The van der Waals surface area contributed by atoms with Gasteiger partial charge in [0.05, 0.1) is 0 Å². The summed E-state index contributed by atoms with van der Waals surface area (Å²) in [6.45, 7) is 0. The summed E-state index contributed by atoms with van der Waals surface area (Å²) in [4.78, 5) is 11.3. The molecule has 1 aromatic rings. The normalized spacial score (nSPS) is 16.7. The summed E-state index contributed by atoms with van der Waals surface area (Å²) >= 11 is 1.66. The van der Waals surface area contributed by atoms with E-state index in [4.69, 9.17) is 0 Å². The molecule has 1 aromatic heterocycles. The van der Waals surface area contributed by atoms with Crippen LogP contribution < -0.4 is 0 Å². The van der Waals surface area contributed by atoms with Crippen molar-refractivity contribution in [1.82, 2.24) is 0 Å². The van der Waals surface area contributed by atoms with E-state index in [0.717, 1.165) is 12.8 Å².